The van der Waals surface area contributed by atoms with Crippen molar-refractivity contribution in [2.45, 2.75) is 0 Å². The number of imidazole rings is 1. The predicted octanol–water partition coefficient (Wildman–Crippen LogP) is 10.9. The second-order valence-corrected chi connectivity index (χ2v) is 12.1. The highest BCUT2D eigenvalue weighted by Gasteiger charge is 2.20. The summed E-state index contributed by atoms with van der Waals surface area (Å²) >= 11 is 0. The lowest BCUT2D eigenvalue weighted by molar-refractivity contribution is 0.911. The third-order valence-corrected chi connectivity index (χ3v) is 9.19. The molecular formula is C43H32N5+. The van der Waals surface area contributed by atoms with E-state index in [9.17, 15) is 0 Å². The van der Waals surface area contributed by atoms with Gasteiger partial charge in [0.1, 0.15) is 11.5 Å². The van der Waals surface area contributed by atoms with Crippen molar-refractivity contribution in [3.8, 4) is 22.6 Å². The van der Waals surface area contributed by atoms with Gasteiger partial charge in [-0.1, -0.05) is 72.8 Å². The Bertz CT molecular complexity index is 2580. The number of pyridine rings is 1. The van der Waals surface area contributed by atoms with Gasteiger partial charge in [-0.2, -0.15) is 4.57 Å². The van der Waals surface area contributed by atoms with Crippen LogP contribution in [0.3, 0.4) is 0 Å². The fourth-order valence-corrected chi connectivity index (χ4v) is 6.97. The first-order valence-electron chi connectivity index (χ1n) is 16.2. The zero-order valence-electron chi connectivity index (χ0n) is 26.5. The third kappa shape index (κ3) is 4.64. The van der Waals surface area contributed by atoms with Crippen LogP contribution in [-0.4, -0.2) is 18.7 Å². The topological polar surface area (TPSA) is 30.9 Å². The van der Waals surface area contributed by atoms with Gasteiger partial charge in [-0.3, -0.25) is 4.57 Å². The molecule has 0 spiro atoms. The minimum absolute atomic E-state index is 0.889. The predicted molar refractivity (Wildman–Crippen MR) is 199 cm³/mol. The van der Waals surface area contributed by atoms with Crippen LogP contribution >= 0.6 is 0 Å². The highest BCUT2D eigenvalue weighted by atomic mass is 15.2. The van der Waals surface area contributed by atoms with Gasteiger partial charge in [0.15, 0.2) is 17.4 Å². The smallest absolute Gasteiger partial charge is 0.191 e. The summed E-state index contributed by atoms with van der Waals surface area (Å²) in [5, 5.41) is 2.39. The van der Waals surface area contributed by atoms with Gasteiger partial charge in [-0.05, 0) is 77.9 Å². The van der Waals surface area contributed by atoms with E-state index in [1.54, 1.807) is 0 Å². The maximum absolute atomic E-state index is 4.92. The van der Waals surface area contributed by atoms with Crippen molar-refractivity contribution >= 4 is 49.9 Å². The van der Waals surface area contributed by atoms with E-state index in [4.69, 9.17) is 4.98 Å². The van der Waals surface area contributed by atoms with E-state index in [-0.39, 0.29) is 0 Å². The summed E-state index contributed by atoms with van der Waals surface area (Å²) < 4.78 is 6.73. The number of aromatic nitrogens is 4. The standard InChI is InChI=1S/C43H32N5/c1-45-30-46(41-22-11-10-21-40(41)45)34-17-12-18-35(28-34)47(33-15-6-3-7-16-33)36-23-24-38-37-19-8-9-20-39(37)48(42(38)29-36)43-27-32(25-26-44-43)31-13-4-2-5-14-31/h2-30H,1H3/q+1. The van der Waals surface area contributed by atoms with Gasteiger partial charge in [-0.25, -0.2) is 9.55 Å². The van der Waals surface area contributed by atoms with Crippen LogP contribution in [0.1, 0.15) is 0 Å². The molecule has 0 saturated heterocycles. The Kier molecular flexibility index (Phi) is 6.61. The van der Waals surface area contributed by atoms with E-state index in [0.29, 0.717) is 0 Å². The van der Waals surface area contributed by atoms with Crippen LogP contribution in [0.4, 0.5) is 17.1 Å². The Hall–Kier alpha value is -6.46. The molecule has 9 rings (SSSR count). The normalized spacial score (nSPS) is 11.4. The number of benzene rings is 6. The summed E-state index contributed by atoms with van der Waals surface area (Å²) in [5.41, 5.74) is 11.2. The Morgan fingerprint density at radius 2 is 1.17 bits per heavy atom. The molecule has 0 N–H and O–H groups in total. The molecule has 0 aliphatic carbocycles. The van der Waals surface area contributed by atoms with E-state index < -0.39 is 0 Å². The maximum Gasteiger partial charge on any atom is 0.191 e. The summed E-state index contributed by atoms with van der Waals surface area (Å²) in [5.74, 6) is 0.889. The number of hydrogen-bond acceptors (Lipinski definition) is 2. The highest BCUT2D eigenvalue weighted by Crippen LogP contribution is 2.40. The first kappa shape index (κ1) is 27.8. The first-order valence-corrected chi connectivity index (χ1v) is 16.2. The number of rotatable bonds is 6. The summed E-state index contributed by atoms with van der Waals surface area (Å²) in [6, 6.07) is 58.0. The van der Waals surface area contributed by atoms with Crippen molar-refractivity contribution in [2.75, 3.05) is 4.90 Å². The molecule has 48 heavy (non-hydrogen) atoms. The molecule has 228 valence electrons. The number of aryl methyl sites for hydroxylation is 1. The molecule has 0 fully saturated rings. The van der Waals surface area contributed by atoms with Crippen LogP contribution in [0.25, 0.3) is 55.5 Å². The number of para-hydroxylation sites is 4. The monoisotopic (exact) mass is 618 g/mol. The molecule has 0 aliphatic rings. The lowest BCUT2D eigenvalue weighted by Crippen LogP contribution is -2.10. The molecule has 0 radical (unpaired) electrons. The number of fused-ring (bicyclic) bond motifs is 4. The van der Waals surface area contributed by atoms with Gasteiger partial charge in [-0.15, -0.1) is 0 Å². The van der Waals surface area contributed by atoms with Gasteiger partial charge in [0.05, 0.1) is 16.7 Å². The van der Waals surface area contributed by atoms with E-state index in [2.05, 4.69) is 196 Å². The average molecular weight is 619 g/mol. The van der Waals surface area contributed by atoms with E-state index in [1.165, 1.54) is 27.4 Å². The molecule has 5 heteroatoms. The van der Waals surface area contributed by atoms with Crippen molar-refractivity contribution in [3.05, 3.63) is 176 Å². The average Bonchev–Trinajstić information content (AvgIpc) is 3.67. The van der Waals surface area contributed by atoms with Crippen molar-refractivity contribution in [3.63, 3.8) is 0 Å². The fourth-order valence-electron chi connectivity index (χ4n) is 6.97. The fraction of sp³-hybridized carbons (Fsp3) is 0.0233. The number of nitrogens with zero attached hydrogens (tertiary/aromatic N) is 5. The van der Waals surface area contributed by atoms with Crippen molar-refractivity contribution < 1.29 is 0 Å². The van der Waals surface area contributed by atoms with Crippen LogP contribution in [0, 0.1) is 0 Å². The highest BCUT2D eigenvalue weighted by molar-refractivity contribution is 6.10. The molecule has 3 heterocycles. The number of hydrogen-bond donors (Lipinski definition) is 0. The van der Waals surface area contributed by atoms with Crippen molar-refractivity contribution in [1.82, 2.24) is 18.7 Å². The van der Waals surface area contributed by atoms with E-state index in [0.717, 1.165) is 45.2 Å². The molecule has 3 aromatic heterocycles. The van der Waals surface area contributed by atoms with Gasteiger partial charge >= 0.3 is 0 Å². The number of anilines is 3. The van der Waals surface area contributed by atoms with Crippen molar-refractivity contribution in [1.29, 1.82) is 0 Å². The zero-order valence-corrected chi connectivity index (χ0v) is 26.5. The second kappa shape index (κ2) is 11.4. The molecule has 0 amide bonds. The molecule has 6 aromatic carbocycles. The molecule has 0 bridgehead atoms. The lowest BCUT2D eigenvalue weighted by atomic mass is 10.1. The Morgan fingerprint density at radius 1 is 0.500 bits per heavy atom. The second-order valence-electron chi connectivity index (χ2n) is 12.1. The Morgan fingerprint density at radius 3 is 2.00 bits per heavy atom. The lowest BCUT2D eigenvalue weighted by Gasteiger charge is -2.25. The van der Waals surface area contributed by atoms with Gasteiger partial charge < -0.3 is 4.90 Å². The summed E-state index contributed by atoms with van der Waals surface area (Å²) in [4.78, 5) is 7.25. The summed E-state index contributed by atoms with van der Waals surface area (Å²) in [7, 11) is 2.09. The van der Waals surface area contributed by atoms with Crippen LogP contribution in [0.15, 0.2) is 176 Å². The molecule has 0 aliphatic heterocycles. The largest absolute Gasteiger partial charge is 0.309 e. The first-order chi connectivity index (χ1) is 23.7. The third-order valence-electron chi connectivity index (χ3n) is 9.19. The molecule has 5 nitrogen and oxygen atoms in total. The molecule has 9 aromatic rings. The van der Waals surface area contributed by atoms with Gasteiger partial charge in [0.2, 0.25) is 0 Å². The van der Waals surface area contributed by atoms with Crippen LogP contribution in [-0.2, 0) is 7.05 Å². The maximum atomic E-state index is 4.92. The van der Waals surface area contributed by atoms with Crippen molar-refractivity contribution in [2.24, 2.45) is 7.05 Å². The quantitative estimate of drug-likeness (QED) is 0.174. The van der Waals surface area contributed by atoms with E-state index >= 15 is 0 Å². The van der Waals surface area contributed by atoms with Gasteiger partial charge in [0.25, 0.3) is 0 Å². The van der Waals surface area contributed by atoms with Crippen LogP contribution in [0.5, 0.6) is 0 Å². The summed E-state index contributed by atoms with van der Waals surface area (Å²) in [6.45, 7) is 0. The van der Waals surface area contributed by atoms with E-state index in [1.807, 2.05) is 6.20 Å². The Labute approximate surface area is 278 Å². The minimum atomic E-state index is 0.889. The summed E-state index contributed by atoms with van der Waals surface area (Å²) in [6.07, 6.45) is 4.06. The molecular weight excluding hydrogens is 587 g/mol. The van der Waals surface area contributed by atoms with Crippen LogP contribution in [0.2, 0.25) is 0 Å². The molecule has 0 atom stereocenters. The zero-order chi connectivity index (χ0) is 32.0. The Balaban J connectivity index is 1.25. The van der Waals surface area contributed by atoms with Gasteiger partial charge in [0, 0.05) is 59.7 Å². The van der Waals surface area contributed by atoms with Crippen LogP contribution < -0.4 is 4.90 Å². The molecule has 0 unspecified atom stereocenters. The minimum Gasteiger partial charge on any atom is -0.309 e. The molecule has 0 saturated carbocycles. The SMILES string of the molecule is Cn1[cH+]n(-c2cccc(N(c3ccccc3)c3ccc4c5ccccc5n(-c5cc(-c6ccccc6)ccn5)c4c3)c2)c2ccccc21.